The van der Waals surface area contributed by atoms with Gasteiger partial charge in [0.15, 0.2) is 0 Å². The molecule has 0 spiro atoms. The van der Waals surface area contributed by atoms with E-state index in [1.807, 2.05) is 0 Å². The molecular formula is C11H13BrN2. The van der Waals surface area contributed by atoms with Crippen molar-refractivity contribution in [3.05, 3.63) is 34.4 Å². The summed E-state index contributed by atoms with van der Waals surface area (Å²) in [6, 6.07) is 6.33. The Morgan fingerprint density at radius 2 is 2.14 bits per heavy atom. The van der Waals surface area contributed by atoms with Gasteiger partial charge in [0.1, 0.15) is 0 Å². The first-order valence-corrected chi connectivity index (χ1v) is 5.36. The Morgan fingerprint density at radius 3 is 2.86 bits per heavy atom. The predicted molar refractivity (Wildman–Crippen MR) is 63.4 cm³/mol. The molecule has 3 heteroatoms. The molecule has 2 nitrogen and oxygen atoms in total. The second kappa shape index (κ2) is 3.75. The Morgan fingerprint density at radius 1 is 1.36 bits per heavy atom. The number of nitrogens with zero attached hydrogens (tertiary/aromatic N) is 1. The van der Waals surface area contributed by atoms with E-state index in [2.05, 4.69) is 64.3 Å². The monoisotopic (exact) mass is 252 g/mol. The molecule has 0 radical (unpaired) electrons. The van der Waals surface area contributed by atoms with Crippen LogP contribution in [0.25, 0.3) is 10.9 Å². The maximum Gasteiger partial charge on any atom is 0.0468 e. The van der Waals surface area contributed by atoms with Gasteiger partial charge in [-0.2, -0.15) is 0 Å². The highest BCUT2D eigenvalue weighted by Crippen LogP contribution is 2.22. The molecule has 2 rings (SSSR count). The normalized spacial score (nSPS) is 11.4. The van der Waals surface area contributed by atoms with E-state index in [0.717, 1.165) is 11.0 Å². The van der Waals surface area contributed by atoms with E-state index in [1.165, 1.54) is 16.5 Å². The van der Waals surface area contributed by atoms with Crippen molar-refractivity contribution < 1.29 is 0 Å². The molecule has 0 aliphatic heterocycles. The van der Waals surface area contributed by atoms with Gasteiger partial charge in [-0.1, -0.05) is 22.0 Å². The fourth-order valence-electron chi connectivity index (χ4n) is 1.63. The van der Waals surface area contributed by atoms with Crippen molar-refractivity contribution in [1.82, 2.24) is 9.88 Å². The lowest BCUT2D eigenvalue weighted by molar-refractivity contribution is 0.404. The number of nitrogens with one attached hydrogen (secondary N) is 1. The largest absolute Gasteiger partial charge is 0.361 e. The third kappa shape index (κ3) is 1.83. The SMILES string of the molecule is CN(C)Cc1c[nH]c2cc(Br)ccc12. The molecular weight excluding hydrogens is 240 g/mol. The van der Waals surface area contributed by atoms with Crippen molar-refractivity contribution in [3.63, 3.8) is 0 Å². The summed E-state index contributed by atoms with van der Waals surface area (Å²) in [6.45, 7) is 0.974. The van der Waals surface area contributed by atoms with E-state index < -0.39 is 0 Å². The number of benzene rings is 1. The molecule has 0 fully saturated rings. The van der Waals surface area contributed by atoms with Crippen LogP contribution in [-0.4, -0.2) is 24.0 Å². The fourth-order valence-corrected chi connectivity index (χ4v) is 1.99. The fraction of sp³-hybridized carbons (Fsp3) is 0.273. The molecule has 0 atom stereocenters. The lowest BCUT2D eigenvalue weighted by atomic mass is 10.2. The van der Waals surface area contributed by atoms with Gasteiger partial charge in [-0.25, -0.2) is 0 Å². The van der Waals surface area contributed by atoms with Crippen LogP contribution in [0.4, 0.5) is 0 Å². The second-order valence-electron chi connectivity index (χ2n) is 3.74. The molecule has 74 valence electrons. The summed E-state index contributed by atoms with van der Waals surface area (Å²) in [4.78, 5) is 5.45. The summed E-state index contributed by atoms with van der Waals surface area (Å²) < 4.78 is 1.11. The molecule has 0 aliphatic carbocycles. The van der Waals surface area contributed by atoms with Gasteiger partial charge in [0.25, 0.3) is 0 Å². The number of fused-ring (bicyclic) bond motifs is 1. The summed E-state index contributed by atoms with van der Waals surface area (Å²) in [5.74, 6) is 0. The summed E-state index contributed by atoms with van der Waals surface area (Å²) in [6.07, 6.45) is 2.08. The lowest BCUT2D eigenvalue weighted by Crippen LogP contribution is -2.09. The molecule has 0 bridgehead atoms. The van der Waals surface area contributed by atoms with E-state index >= 15 is 0 Å². The standard InChI is InChI=1S/C11H13BrN2/c1-14(2)7-8-6-13-11-5-9(12)3-4-10(8)11/h3-6,13H,7H2,1-2H3. The summed E-state index contributed by atoms with van der Waals surface area (Å²) in [7, 11) is 4.16. The van der Waals surface area contributed by atoms with Crippen molar-refractivity contribution >= 4 is 26.8 Å². The average molecular weight is 253 g/mol. The highest BCUT2D eigenvalue weighted by Gasteiger charge is 2.04. The van der Waals surface area contributed by atoms with Crippen LogP contribution in [0.3, 0.4) is 0 Å². The number of hydrogen-bond donors (Lipinski definition) is 1. The Hall–Kier alpha value is -0.800. The molecule has 2 aromatic rings. The maximum atomic E-state index is 3.46. The molecule has 1 aromatic heterocycles. The third-order valence-corrected chi connectivity index (χ3v) is 2.71. The first kappa shape index (κ1) is 9.74. The minimum Gasteiger partial charge on any atom is -0.361 e. The average Bonchev–Trinajstić information content (AvgIpc) is 2.47. The third-order valence-electron chi connectivity index (χ3n) is 2.22. The van der Waals surface area contributed by atoms with Gasteiger partial charge >= 0.3 is 0 Å². The highest BCUT2D eigenvalue weighted by atomic mass is 79.9. The van der Waals surface area contributed by atoms with Gasteiger partial charge in [-0.05, 0) is 31.8 Å². The number of hydrogen-bond acceptors (Lipinski definition) is 1. The molecule has 0 saturated carbocycles. The van der Waals surface area contributed by atoms with E-state index in [9.17, 15) is 0 Å². The predicted octanol–water partition coefficient (Wildman–Crippen LogP) is 2.99. The van der Waals surface area contributed by atoms with Crippen LogP contribution in [0.15, 0.2) is 28.9 Å². The summed E-state index contributed by atoms with van der Waals surface area (Å²) in [5.41, 5.74) is 2.54. The number of aromatic amines is 1. The van der Waals surface area contributed by atoms with E-state index in [-0.39, 0.29) is 0 Å². The maximum absolute atomic E-state index is 3.46. The van der Waals surface area contributed by atoms with Gasteiger partial charge in [-0.3, -0.25) is 0 Å². The Labute approximate surface area is 92.0 Å². The van der Waals surface area contributed by atoms with Crippen LogP contribution in [-0.2, 0) is 6.54 Å². The molecule has 0 amide bonds. The number of halogens is 1. The Bertz CT molecular complexity index is 445. The number of rotatable bonds is 2. The van der Waals surface area contributed by atoms with Gasteiger partial charge in [0.2, 0.25) is 0 Å². The molecule has 0 unspecified atom stereocenters. The second-order valence-corrected chi connectivity index (χ2v) is 4.66. The minimum atomic E-state index is 0.974. The van der Waals surface area contributed by atoms with Crippen LogP contribution in [0.2, 0.25) is 0 Å². The zero-order chi connectivity index (χ0) is 10.1. The van der Waals surface area contributed by atoms with Gasteiger partial charge in [-0.15, -0.1) is 0 Å². The Balaban J connectivity index is 2.47. The van der Waals surface area contributed by atoms with E-state index in [1.54, 1.807) is 0 Å². The number of aromatic nitrogens is 1. The van der Waals surface area contributed by atoms with Crippen LogP contribution >= 0.6 is 15.9 Å². The van der Waals surface area contributed by atoms with Crippen LogP contribution in [0.5, 0.6) is 0 Å². The first-order valence-electron chi connectivity index (χ1n) is 4.57. The zero-order valence-corrected chi connectivity index (χ0v) is 9.93. The summed E-state index contributed by atoms with van der Waals surface area (Å²) in [5, 5.41) is 1.31. The molecule has 14 heavy (non-hydrogen) atoms. The smallest absolute Gasteiger partial charge is 0.0468 e. The Kier molecular flexibility index (Phi) is 2.61. The topological polar surface area (TPSA) is 19.0 Å². The molecule has 1 N–H and O–H groups in total. The molecule has 1 aromatic carbocycles. The van der Waals surface area contributed by atoms with Gasteiger partial charge in [0, 0.05) is 28.1 Å². The van der Waals surface area contributed by atoms with Crippen molar-refractivity contribution in [1.29, 1.82) is 0 Å². The van der Waals surface area contributed by atoms with Crippen molar-refractivity contribution in [3.8, 4) is 0 Å². The molecule has 0 saturated heterocycles. The van der Waals surface area contributed by atoms with E-state index in [0.29, 0.717) is 0 Å². The van der Waals surface area contributed by atoms with Crippen LogP contribution < -0.4 is 0 Å². The summed E-state index contributed by atoms with van der Waals surface area (Å²) >= 11 is 3.46. The van der Waals surface area contributed by atoms with Crippen LogP contribution in [0, 0.1) is 0 Å². The lowest BCUT2D eigenvalue weighted by Gasteiger charge is -2.07. The van der Waals surface area contributed by atoms with Crippen molar-refractivity contribution in [2.24, 2.45) is 0 Å². The number of H-pyrrole nitrogens is 1. The van der Waals surface area contributed by atoms with Crippen LogP contribution in [0.1, 0.15) is 5.56 Å². The van der Waals surface area contributed by atoms with E-state index in [4.69, 9.17) is 0 Å². The first-order chi connectivity index (χ1) is 6.66. The van der Waals surface area contributed by atoms with Crippen molar-refractivity contribution in [2.75, 3.05) is 14.1 Å². The van der Waals surface area contributed by atoms with Gasteiger partial charge < -0.3 is 9.88 Å². The highest BCUT2D eigenvalue weighted by molar-refractivity contribution is 9.10. The molecule has 0 aliphatic rings. The zero-order valence-electron chi connectivity index (χ0n) is 8.34. The minimum absolute atomic E-state index is 0.974. The van der Waals surface area contributed by atoms with Crippen molar-refractivity contribution in [2.45, 2.75) is 6.54 Å². The molecule has 1 heterocycles. The van der Waals surface area contributed by atoms with Gasteiger partial charge in [0.05, 0.1) is 0 Å². The quantitative estimate of drug-likeness (QED) is 0.871.